The van der Waals surface area contributed by atoms with E-state index in [1.807, 2.05) is 30.5 Å². The molecule has 0 aromatic carbocycles. The van der Waals surface area contributed by atoms with Gasteiger partial charge in [-0.05, 0) is 44.2 Å². The van der Waals surface area contributed by atoms with Crippen LogP contribution in [-0.4, -0.2) is 36.1 Å². The molecule has 0 bridgehead atoms. The van der Waals surface area contributed by atoms with E-state index in [4.69, 9.17) is 9.97 Å². The Morgan fingerprint density at radius 2 is 1.81 bits per heavy atom. The minimum Gasteiger partial charge on any atom is -0.348 e. The number of rotatable bonds is 2. The maximum absolute atomic E-state index is 4.90. The molecule has 26 heavy (non-hydrogen) atoms. The normalized spacial score (nSPS) is 17.6. The topological polar surface area (TPSA) is 46.4 Å². The molecule has 6 heteroatoms. The highest BCUT2D eigenvalue weighted by atomic mass is 32.1. The van der Waals surface area contributed by atoms with Gasteiger partial charge in [-0.15, -0.1) is 11.3 Å². The van der Waals surface area contributed by atoms with Gasteiger partial charge in [0.05, 0.1) is 24.7 Å². The molecule has 134 valence electrons. The molecule has 0 saturated carbocycles. The van der Waals surface area contributed by atoms with Gasteiger partial charge in [0, 0.05) is 10.9 Å². The van der Waals surface area contributed by atoms with Gasteiger partial charge in [-0.3, -0.25) is 4.90 Å². The Kier molecular flexibility index (Phi) is 4.00. The number of aryl methyl sites for hydroxylation is 3. The highest BCUT2D eigenvalue weighted by molar-refractivity contribution is 7.19. The van der Waals surface area contributed by atoms with E-state index in [1.54, 1.807) is 4.88 Å². The molecule has 5 rings (SSSR count). The van der Waals surface area contributed by atoms with Gasteiger partial charge in [0.2, 0.25) is 0 Å². The Hall–Kier alpha value is -2.21. The predicted octanol–water partition coefficient (Wildman–Crippen LogP) is 3.02. The SMILES string of the molecule is Cc1nc(N2CCN(c3cccc[nH+]3)CC2)c2c3c(sc2n1)CCCC3. The molecule has 2 aliphatic rings. The van der Waals surface area contributed by atoms with E-state index in [0.717, 1.165) is 32.0 Å². The lowest BCUT2D eigenvalue weighted by atomic mass is 9.97. The number of hydrogen-bond acceptors (Lipinski definition) is 5. The first-order valence-electron chi connectivity index (χ1n) is 9.55. The van der Waals surface area contributed by atoms with Gasteiger partial charge in [0.1, 0.15) is 29.6 Å². The van der Waals surface area contributed by atoms with Gasteiger partial charge < -0.3 is 4.90 Å². The highest BCUT2D eigenvalue weighted by Gasteiger charge is 2.28. The molecule has 1 fully saturated rings. The maximum Gasteiger partial charge on any atom is 0.274 e. The number of fused-ring (bicyclic) bond motifs is 3. The molecule has 0 radical (unpaired) electrons. The first kappa shape index (κ1) is 16.0. The molecule has 5 nitrogen and oxygen atoms in total. The lowest BCUT2D eigenvalue weighted by Crippen LogP contribution is -2.48. The molecule has 0 unspecified atom stereocenters. The van der Waals surface area contributed by atoms with Crippen molar-refractivity contribution in [2.75, 3.05) is 36.0 Å². The number of thiophene rings is 1. The molecule has 1 aliphatic heterocycles. The summed E-state index contributed by atoms with van der Waals surface area (Å²) in [4.78, 5) is 20.6. The second-order valence-electron chi connectivity index (χ2n) is 7.21. The standard InChI is InChI=1S/C20H23N5S/c1-14-22-19(18-15-6-2-3-7-16(15)26-20(18)23-14)25-12-10-24(11-13-25)17-8-4-5-9-21-17/h4-5,8-9H,2-3,6-7,10-13H2,1H3/p+1. The van der Waals surface area contributed by atoms with E-state index in [1.165, 1.54) is 53.1 Å². The van der Waals surface area contributed by atoms with Crippen molar-refractivity contribution in [1.29, 1.82) is 0 Å². The number of aromatic nitrogens is 3. The lowest BCUT2D eigenvalue weighted by molar-refractivity contribution is -0.364. The Morgan fingerprint density at radius 3 is 2.62 bits per heavy atom. The van der Waals surface area contributed by atoms with Crippen LogP contribution in [0.1, 0.15) is 29.1 Å². The number of aromatic amines is 1. The van der Waals surface area contributed by atoms with Crippen molar-refractivity contribution in [3.8, 4) is 0 Å². The molecule has 0 amide bonds. The van der Waals surface area contributed by atoms with Crippen molar-refractivity contribution >= 4 is 33.2 Å². The Balaban J connectivity index is 1.47. The number of piperazine rings is 1. The van der Waals surface area contributed by atoms with Crippen LogP contribution < -0.4 is 14.8 Å². The third-order valence-electron chi connectivity index (χ3n) is 5.52. The summed E-state index contributed by atoms with van der Waals surface area (Å²) in [5.41, 5.74) is 1.53. The van der Waals surface area contributed by atoms with E-state index in [0.29, 0.717) is 0 Å². The summed E-state index contributed by atoms with van der Waals surface area (Å²) in [7, 11) is 0. The van der Waals surface area contributed by atoms with Crippen molar-refractivity contribution in [3.05, 3.63) is 40.7 Å². The van der Waals surface area contributed by atoms with Gasteiger partial charge >= 0.3 is 0 Å². The molecule has 3 aromatic rings. The van der Waals surface area contributed by atoms with Crippen molar-refractivity contribution < 1.29 is 4.98 Å². The van der Waals surface area contributed by atoms with E-state index in [9.17, 15) is 0 Å². The third-order valence-corrected chi connectivity index (χ3v) is 6.71. The van der Waals surface area contributed by atoms with Crippen molar-refractivity contribution in [1.82, 2.24) is 9.97 Å². The van der Waals surface area contributed by atoms with E-state index < -0.39 is 0 Å². The fourth-order valence-electron chi connectivity index (χ4n) is 4.21. The van der Waals surface area contributed by atoms with Crippen LogP contribution in [0.3, 0.4) is 0 Å². The summed E-state index contributed by atoms with van der Waals surface area (Å²) in [6.07, 6.45) is 7.01. The molecule has 0 spiro atoms. The minimum atomic E-state index is 0.893. The summed E-state index contributed by atoms with van der Waals surface area (Å²) in [5, 5.41) is 1.34. The number of anilines is 2. The van der Waals surface area contributed by atoms with Crippen molar-refractivity contribution in [3.63, 3.8) is 0 Å². The zero-order chi connectivity index (χ0) is 17.5. The molecule has 1 N–H and O–H groups in total. The molecular formula is C20H24N5S+. The van der Waals surface area contributed by atoms with Crippen LogP contribution in [-0.2, 0) is 12.8 Å². The second-order valence-corrected chi connectivity index (χ2v) is 8.29. The van der Waals surface area contributed by atoms with Crippen molar-refractivity contribution in [2.24, 2.45) is 0 Å². The van der Waals surface area contributed by atoms with Crippen LogP contribution in [0.25, 0.3) is 10.2 Å². The quantitative estimate of drug-likeness (QED) is 0.699. The first-order chi connectivity index (χ1) is 12.8. The number of nitrogens with one attached hydrogen (secondary N) is 1. The smallest absolute Gasteiger partial charge is 0.274 e. The lowest BCUT2D eigenvalue weighted by Gasteiger charge is -2.32. The van der Waals surface area contributed by atoms with E-state index >= 15 is 0 Å². The van der Waals surface area contributed by atoms with E-state index in [2.05, 4.69) is 26.9 Å². The molecule has 1 saturated heterocycles. The summed E-state index contributed by atoms with van der Waals surface area (Å²) < 4.78 is 0. The predicted molar refractivity (Wildman–Crippen MR) is 106 cm³/mol. The number of nitrogens with zero attached hydrogens (tertiary/aromatic N) is 4. The van der Waals surface area contributed by atoms with Gasteiger partial charge in [-0.2, -0.15) is 0 Å². The fourth-order valence-corrected chi connectivity index (χ4v) is 5.51. The zero-order valence-electron chi connectivity index (χ0n) is 15.2. The average molecular weight is 367 g/mol. The number of hydrogen-bond donors (Lipinski definition) is 0. The Morgan fingerprint density at radius 1 is 1.00 bits per heavy atom. The number of H-pyrrole nitrogens is 1. The van der Waals surface area contributed by atoms with Crippen LogP contribution >= 0.6 is 11.3 Å². The van der Waals surface area contributed by atoms with Gasteiger partial charge in [0.15, 0.2) is 0 Å². The maximum atomic E-state index is 4.90. The second kappa shape index (κ2) is 6.50. The Labute approximate surface area is 157 Å². The first-order valence-corrected chi connectivity index (χ1v) is 10.4. The van der Waals surface area contributed by atoms with Crippen LogP contribution in [0.15, 0.2) is 24.4 Å². The van der Waals surface area contributed by atoms with Crippen LogP contribution in [0.2, 0.25) is 0 Å². The zero-order valence-corrected chi connectivity index (χ0v) is 16.0. The van der Waals surface area contributed by atoms with Crippen molar-refractivity contribution in [2.45, 2.75) is 32.6 Å². The van der Waals surface area contributed by atoms with Gasteiger partial charge in [0.25, 0.3) is 5.82 Å². The minimum absolute atomic E-state index is 0.893. The van der Waals surface area contributed by atoms with Gasteiger partial charge in [-0.25, -0.2) is 15.0 Å². The monoisotopic (exact) mass is 366 g/mol. The Bertz CT molecular complexity index is 928. The van der Waals surface area contributed by atoms with Crippen LogP contribution in [0, 0.1) is 6.92 Å². The summed E-state index contributed by atoms with van der Waals surface area (Å²) in [6.45, 7) is 6.05. The number of pyridine rings is 1. The fraction of sp³-hybridized carbons (Fsp3) is 0.450. The van der Waals surface area contributed by atoms with Crippen LogP contribution in [0.5, 0.6) is 0 Å². The largest absolute Gasteiger partial charge is 0.348 e. The highest BCUT2D eigenvalue weighted by Crippen LogP contribution is 2.39. The summed E-state index contributed by atoms with van der Waals surface area (Å²) in [6, 6.07) is 6.27. The third kappa shape index (κ3) is 2.72. The molecule has 0 atom stereocenters. The summed E-state index contributed by atoms with van der Waals surface area (Å²) >= 11 is 1.90. The van der Waals surface area contributed by atoms with Crippen LogP contribution in [0.4, 0.5) is 11.6 Å². The molecule has 4 heterocycles. The van der Waals surface area contributed by atoms with E-state index in [-0.39, 0.29) is 0 Å². The molecular weight excluding hydrogens is 342 g/mol. The molecule has 3 aromatic heterocycles. The average Bonchev–Trinajstić information content (AvgIpc) is 3.06. The van der Waals surface area contributed by atoms with Gasteiger partial charge in [-0.1, -0.05) is 6.07 Å². The summed E-state index contributed by atoms with van der Waals surface area (Å²) in [5.74, 6) is 3.26. The molecule has 1 aliphatic carbocycles.